The van der Waals surface area contributed by atoms with Crippen molar-refractivity contribution in [3.8, 4) is 0 Å². The minimum absolute atomic E-state index is 0.339. The number of aliphatic hydroxyl groups excluding tert-OH is 1. The Morgan fingerprint density at radius 1 is 1.46 bits per heavy atom. The molecule has 0 heterocycles. The van der Waals surface area contributed by atoms with Crippen molar-refractivity contribution in [2.24, 2.45) is 0 Å². The maximum absolute atomic E-state index is 9.72. The van der Waals surface area contributed by atoms with Gasteiger partial charge in [0.1, 0.15) is 6.10 Å². The molecule has 0 bridgehead atoms. The van der Waals surface area contributed by atoms with E-state index < -0.39 is 6.10 Å². The fraction of sp³-hybridized carbons (Fsp3) is 0.182. The second-order valence-electron chi connectivity index (χ2n) is 2.56. The van der Waals surface area contributed by atoms with Crippen LogP contribution in [0.1, 0.15) is 11.7 Å². The number of methoxy groups -OCH3 is 1. The molecule has 2 nitrogen and oxygen atoms in total. The van der Waals surface area contributed by atoms with Crippen LogP contribution in [0.5, 0.6) is 0 Å². The lowest BCUT2D eigenvalue weighted by Gasteiger charge is -2.11. The van der Waals surface area contributed by atoms with Crippen LogP contribution in [0.3, 0.4) is 0 Å². The van der Waals surface area contributed by atoms with E-state index in [1.54, 1.807) is 0 Å². The van der Waals surface area contributed by atoms with Gasteiger partial charge in [-0.2, -0.15) is 0 Å². The van der Waals surface area contributed by atoms with Crippen LogP contribution >= 0.6 is 0 Å². The van der Waals surface area contributed by atoms with E-state index in [-0.39, 0.29) is 0 Å². The highest BCUT2D eigenvalue weighted by Gasteiger charge is 2.12. The first kappa shape index (κ1) is 9.59. The Kier molecular flexibility index (Phi) is 3.32. The molecule has 0 saturated carbocycles. The van der Waals surface area contributed by atoms with Gasteiger partial charge < -0.3 is 9.84 Å². The summed E-state index contributed by atoms with van der Waals surface area (Å²) in [4.78, 5) is 0. The SMILES string of the molecule is C=C=C(OC)[C@@H](O)c1ccccc1. The molecule has 0 aliphatic rings. The summed E-state index contributed by atoms with van der Waals surface area (Å²) in [5.74, 6) is 0.339. The highest BCUT2D eigenvalue weighted by Crippen LogP contribution is 2.20. The van der Waals surface area contributed by atoms with E-state index in [0.29, 0.717) is 5.76 Å². The Bertz CT molecular complexity index is 310. The Morgan fingerprint density at radius 3 is 2.54 bits per heavy atom. The van der Waals surface area contributed by atoms with Gasteiger partial charge in [0.15, 0.2) is 5.76 Å². The normalized spacial score (nSPS) is 11.5. The van der Waals surface area contributed by atoms with Crippen molar-refractivity contribution in [1.82, 2.24) is 0 Å². The Balaban J connectivity index is 2.91. The van der Waals surface area contributed by atoms with E-state index in [9.17, 15) is 5.11 Å². The molecule has 2 heteroatoms. The molecular weight excluding hydrogens is 164 g/mol. The van der Waals surface area contributed by atoms with E-state index in [0.717, 1.165) is 5.56 Å². The van der Waals surface area contributed by atoms with Crippen molar-refractivity contribution in [1.29, 1.82) is 0 Å². The van der Waals surface area contributed by atoms with Gasteiger partial charge in [0.25, 0.3) is 0 Å². The summed E-state index contributed by atoms with van der Waals surface area (Å²) in [5.41, 5.74) is 3.32. The minimum atomic E-state index is -0.774. The van der Waals surface area contributed by atoms with Crippen molar-refractivity contribution in [3.63, 3.8) is 0 Å². The minimum Gasteiger partial charge on any atom is -0.490 e. The van der Waals surface area contributed by atoms with Crippen molar-refractivity contribution >= 4 is 0 Å². The third kappa shape index (κ3) is 2.22. The standard InChI is InChI=1S/C11H12O2/c1-3-10(13-2)11(12)9-7-5-4-6-8-9/h4-8,11-12H,1H2,2H3/t11-/m0/s1. The quantitative estimate of drug-likeness (QED) is 0.564. The van der Waals surface area contributed by atoms with Gasteiger partial charge in [0, 0.05) is 0 Å². The number of ether oxygens (including phenoxy) is 1. The molecular formula is C11H12O2. The van der Waals surface area contributed by atoms with Crippen LogP contribution in [-0.2, 0) is 4.74 Å². The molecule has 0 saturated heterocycles. The van der Waals surface area contributed by atoms with Crippen LogP contribution in [0.2, 0.25) is 0 Å². The first-order chi connectivity index (χ1) is 6.29. The van der Waals surface area contributed by atoms with Gasteiger partial charge in [-0.1, -0.05) is 42.6 Å². The molecule has 13 heavy (non-hydrogen) atoms. The smallest absolute Gasteiger partial charge is 0.170 e. The highest BCUT2D eigenvalue weighted by atomic mass is 16.5. The first-order valence-electron chi connectivity index (χ1n) is 3.96. The zero-order chi connectivity index (χ0) is 9.68. The van der Waals surface area contributed by atoms with Gasteiger partial charge >= 0.3 is 0 Å². The molecule has 0 amide bonds. The van der Waals surface area contributed by atoms with Gasteiger partial charge in [0.2, 0.25) is 0 Å². The third-order valence-corrected chi connectivity index (χ3v) is 1.76. The molecule has 1 atom stereocenters. The zero-order valence-corrected chi connectivity index (χ0v) is 7.53. The van der Waals surface area contributed by atoms with Crippen molar-refractivity contribution in [2.75, 3.05) is 7.11 Å². The van der Waals surface area contributed by atoms with Crippen LogP contribution in [0.25, 0.3) is 0 Å². The van der Waals surface area contributed by atoms with E-state index in [2.05, 4.69) is 12.3 Å². The summed E-state index contributed by atoms with van der Waals surface area (Å²) in [6.45, 7) is 3.43. The van der Waals surface area contributed by atoms with Crippen molar-refractivity contribution < 1.29 is 9.84 Å². The van der Waals surface area contributed by atoms with Gasteiger partial charge in [-0.25, -0.2) is 0 Å². The lowest BCUT2D eigenvalue weighted by molar-refractivity contribution is 0.130. The third-order valence-electron chi connectivity index (χ3n) is 1.76. The number of hydrogen-bond acceptors (Lipinski definition) is 2. The number of rotatable bonds is 3. The van der Waals surface area contributed by atoms with E-state index in [4.69, 9.17) is 4.74 Å². The number of hydrogen-bond donors (Lipinski definition) is 1. The summed E-state index contributed by atoms with van der Waals surface area (Å²) >= 11 is 0. The topological polar surface area (TPSA) is 29.5 Å². The van der Waals surface area contributed by atoms with Crippen LogP contribution in [0, 0.1) is 0 Å². The van der Waals surface area contributed by atoms with Crippen LogP contribution in [-0.4, -0.2) is 12.2 Å². The average molecular weight is 176 g/mol. The Labute approximate surface area is 77.8 Å². The molecule has 1 aromatic rings. The summed E-state index contributed by atoms with van der Waals surface area (Å²) in [7, 11) is 1.49. The van der Waals surface area contributed by atoms with Gasteiger partial charge in [0.05, 0.1) is 7.11 Å². The second-order valence-corrected chi connectivity index (χ2v) is 2.56. The number of aliphatic hydroxyl groups is 1. The summed E-state index contributed by atoms with van der Waals surface area (Å²) in [6, 6.07) is 9.24. The van der Waals surface area contributed by atoms with Gasteiger partial charge in [-0.3, -0.25) is 0 Å². The lowest BCUT2D eigenvalue weighted by atomic mass is 10.1. The van der Waals surface area contributed by atoms with Crippen LogP contribution < -0.4 is 0 Å². The summed E-state index contributed by atoms with van der Waals surface area (Å²) < 4.78 is 4.91. The van der Waals surface area contributed by atoms with E-state index >= 15 is 0 Å². The fourth-order valence-electron chi connectivity index (χ4n) is 1.07. The van der Waals surface area contributed by atoms with Crippen LogP contribution in [0.4, 0.5) is 0 Å². The van der Waals surface area contributed by atoms with Crippen molar-refractivity contribution in [3.05, 3.63) is 54.0 Å². The molecule has 1 rings (SSSR count). The molecule has 0 aliphatic heterocycles. The molecule has 0 unspecified atom stereocenters. The van der Waals surface area contributed by atoms with E-state index in [1.165, 1.54) is 7.11 Å². The molecule has 0 radical (unpaired) electrons. The second kappa shape index (κ2) is 4.51. The monoisotopic (exact) mass is 176 g/mol. The van der Waals surface area contributed by atoms with Gasteiger partial charge in [-0.15, -0.1) is 0 Å². The molecule has 0 aliphatic carbocycles. The largest absolute Gasteiger partial charge is 0.490 e. The Hall–Kier alpha value is -1.50. The molecule has 68 valence electrons. The van der Waals surface area contributed by atoms with Crippen LogP contribution in [0.15, 0.2) is 48.4 Å². The average Bonchev–Trinajstić information content (AvgIpc) is 2.21. The van der Waals surface area contributed by atoms with Crippen molar-refractivity contribution in [2.45, 2.75) is 6.10 Å². The predicted octanol–water partition coefficient (Wildman–Crippen LogP) is 2.04. The first-order valence-corrected chi connectivity index (χ1v) is 3.96. The van der Waals surface area contributed by atoms with E-state index in [1.807, 2.05) is 30.3 Å². The number of benzene rings is 1. The summed E-state index contributed by atoms with van der Waals surface area (Å²) in [6.07, 6.45) is -0.774. The maximum Gasteiger partial charge on any atom is 0.170 e. The molecule has 0 fully saturated rings. The zero-order valence-electron chi connectivity index (χ0n) is 7.53. The molecule has 1 aromatic carbocycles. The Morgan fingerprint density at radius 2 is 2.08 bits per heavy atom. The predicted molar refractivity (Wildman–Crippen MR) is 51.1 cm³/mol. The molecule has 0 spiro atoms. The fourth-order valence-corrected chi connectivity index (χ4v) is 1.07. The highest BCUT2D eigenvalue weighted by molar-refractivity contribution is 5.22. The molecule has 0 aromatic heterocycles. The maximum atomic E-state index is 9.72. The van der Waals surface area contributed by atoms with Gasteiger partial charge in [-0.05, 0) is 5.56 Å². The summed E-state index contributed by atoms with van der Waals surface area (Å²) in [5, 5.41) is 9.72. The molecule has 1 N–H and O–H groups in total. The lowest BCUT2D eigenvalue weighted by Crippen LogP contribution is -2.01.